The minimum Gasteiger partial charge on any atom is -0.258 e. The smallest absolute Gasteiger partial charge is 0.258 e. The second kappa shape index (κ2) is 6.33. The standard InChI is InChI=1S/C17H18N2O4S/c1-13-8-10-14(11-9-13)15-6-4-12-18(15)24(22,23)17-7-3-2-5-16(17)19(20)21/h2-3,5,7-11,15H,4,6,12H2,1H3. The van der Waals surface area contributed by atoms with E-state index in [1.165, 1.54) is 28.6 Å². The highest BCUT2D eigenvalue weighted by atomic mass is 32.2. The summed E-state index contributed by atoms with van der Waals surface area (Å²) in [4.78, 5) is 10.3. The van der Waals surface area contributed by atoms with Crippen LogP contribution in [-0.4, -0.2) is 24.2 Å². The van der Waals surface area contributed by atoms with Crippen LogP contribution in [0.3, 0.4) is 0 Å². The van der Waals surface area contributed by atoms with Crippen LogP contribution in [0.15, 0.2) is 53.4 Å². The maximum atomic E-state index is 13.0. The normalized spacial score (nSPS) is 18.6. The summed E-state index contributed by atoms with van der Waals surface area (Å²) in [5.41, 5.74) is 1.64. The molecule has 126 valence electrons. The van der Waals surface area contributed by atoms with Gasteiger partial charge in [0.05, 0.1) is 11.0 Å². The molecule has 2 aromatic rings. The summed E-state index contributed by atoms with van der Waals surface area (Å²) >= 11 is 0. The van der Waals surface area contributed by atoms with Gasteiger partial charge in [0.25, 0.3) is 5.69 Å². The molecule has 0 N–H and O–H groups in total. The van der Waals surface area contributed by atoms with Gasteiger partial charge in [-0.05, 0) is 31.4 Å². The number of para-hydroxylation sites is 1. The van der Waals surface area contributed by atoms with Crippen molar-refractivity contribution in [2.75, 3.05) is 6.54 Å². The van der Waals surface area contributed by atoms with E-state index in [2.05, 4.69) is 0 Å². The first-order chi connectivity index (χ1) is 11.4. The molecule has 1 aliphatic heterocycles. The molecule has 24 heavy (non-hydrogen) atoms. The van der Waals surface area contributed by atoms with Crippen LogP contribution in [0, 0.1) is 17.0 Å². The molecular formula is C17H18N2O4S. The topological polar surface area (TPSA) is 80.5 Å². The molecule has 7 heteroatoms. The van der Waals surface area contributed by atoms with Crippen molar-refractivity contribution in [2.24, 2.45) is 0 Å². The number of nitro groups is 1. The molecule has 1 heterocycles. The van der Waals surface area contributed by atoms with Gasteiger partial charge in [-0.1, -0.05) is 42.0 Å². The number of sulfonamides is 1. The Morgan fingerprint density at radius 1 is 1.12 bits per heavy atom. The Kier molecular flexibility index (Phi) is 4.38. The summed E-state index contributed by atoms with van der Waals surface area (Å²) in [6.45, 7) is 2.34. The largest absolute Gasteiger partial charge is 0.289 e. The van der Waals surface area contributed by atoms with Gasteiger partial charge >= 0.3 is 0 Å². The Labute approximate surface area is 140 Å². The Morgan fingerprint density at radius 2 is 1.79 bits per heavy atom. The Balaban J connectivity index is 2.03. The van der Waals surface area contributed by atoms with Crippen molar-refractivity contribution < 1.29 is 13.3 Å². The number of hydrogen-bond acceptors (Lipinski definition) is 4. The summed E-state index contributed by atoms with van der Waals surface area (Å²) < 4.78 is 27.5. The summed E-state index contributed by atoms with van der Waals surface area (Å²) in [6.07, 6.45) is 1.45. The second-order valence-corrected chi connectivity index (χ2v) is 7.77. The van der Waals surface area contributed by atoms with Crippen LogP contribution >= 0.6 is 0 Å². The van der Waals surface area contributed by atoms with Gasteiger partial charge in [-0.2, -0.15) is 4.31 Å². The monoisotopic (exact) mass is 346 g/mol. The second-order valence-electron chi connectivity index (χ2n) is 5.91. The zero-order valence-electron chi connectivity index (χ0n) is 13.3. The van der Waals surface area contributed by atoms with Crippen LogP contribution in [-0.2, 0) is 10.0 Å². The van der Waals surface area contributed by atoms with Crippen LogP contribution in [0.2, 0.25) is 0 Å². The first-order valence-corrected chi connectivity index (χ1v) is 9.17. The molecule has 0 aliphatic carbocycles. The molecule has 0 saturated carbocycles. The van der Waals surface area contributed by atoms with E-state index in [-0.39, 0.29) is 16.6 Å². The minimum atomic E-state index is -3.93. The van der Waals surface area contributed by atoms with Crippen LogP contribution in [0.1, 0.15) is 30.0 Å². The third-order valence-electron chi connectivity index (χ3n) is 4.31. The Hall–Kier alpha value is -2.25. The van der Waals surface area contributed by atoms with Gasteiger partial charge in [0.15, 0.2) is 4.90 Å². The molecule has 3 rings (SSSR count). The van der Waals surface area contributed by atoms with Crippen molar-refractivity contribution in [1.29, 1.82) is 0 Å². The maximum absolute atomic E-state index is 13.0. The molecule has 1 atom stereocenters. The molecule has 0 spiro atoms. The molecule has 0 radical (unpaired) electrons. The maximum Gasteiger partial charge on any atom is 0.289 e. The average Bonchev–Trinajstić information content (AvgIpc) is 3.06. The van der Waals surface area contributed by atoms with Crippen molar-refractivity contribution in [3.05, 3.63) is 69.8 Å². The number of rotatable bonds is 4. The quantitative estimate of drug-likeness (QED) is 0.627. The lowest BCUT2D eigenvalue weighted by Crippen LogP contribution is -2.31. The summed E-state index contributed by atoms with van der Waals surface area (Å²) in [6, 6.07) is 13.0. The molecule has 0 aromatic heterocycles. The summed E-state index contributed by atoms with van der Waals surface area (Å²) in [7, 11) is -3.93. The highest BCUT2D eigenvalue weighted by Gasteiger charge is 2.39. The molecule has 2 aromatic carbocycles. The zero-order valence-corrected chi connectivity index (χ0v) is 14.1. The Morgan fingerprint density at radius 3 is 2.46 bits per heavy atom. The number of nitro benzene ring substituents is 1. The molecule has 1 unspecified atom stereocenters. The minimum absolute atomic E-state index is 0.242. The van der Waals surface area contributed by atoms with Crippen molar-refractivity contribution in [3.63, 3.8) is 0 Å². The molecule has 1 aliphatic rings. The highest BCUT2D eigenvalue weighted by molar-refractivity contribution is 7.89. The lowest BCUT2D eigenvalue weighted by atomic mass is 10.0. The fraction of sp³-hybridized carbons (Fsp3) is 0.294. The van der Waals surface area contributed by atoms with E-state index >= 15 is 0 Å². The number of benzene rings is 2. The summed E-state index contributed by atoms with van der Waals surface area (Å²) in [5, 5.41) is 11.2. The SMILES string of the molecule is Cc1ccc(C2CCCN2S(=O)(=O)c2ccccc2[N+](=O)[O-])cc1. The van der Waals surface area contributed by atoms with Crippen LogP contribution in [0.4, 0.5) is 5.69 Å². The zero-order chi connectivity index (χ0) is 17.3. The molecule has 1 fully saturated rings. The predicted molar refractivity (Wildman–Crippen MR) is 90.1 cm³/mol. The summed E-state index contributed by atoms with van der Waals surface area (Å²) in [5.74, 6) is 0. The molecule has 0 amide bonds. The number of nitrogens with zero attached hydrogens (tertiary/aromatic N) is 2. The fourth-order valence-electron chi connectivity index (χ4n) is 3.10. The predicted octanol–water partition coefficient (Wildman–Crippen LogP) is 3.43. The first kappa shape index (κ1) is 16.6. The van der Waals surface area contributed by atoms with E-state index in [0.29, 0.717) is 13.0 Å². The van der Waals surface area contributed by atoms with Gasteiger partial charge in [0.2, 0.25) is 10.0 Å². The van der Waals surface area contributed by atoms with E-state index in [0.717, 1.165) is 17.5 Å². The fourth-order valence-corrected chi connectivity index (χ4v) is 4.94. The van der Waals surface area contributed by atoms with Gasteiger partial charge < -0.3 is 0 Å². The molecule has 1 saturated heterocycles. The lowest BCUT2D eigenvalue weighted by Gasteiger charge is -2.24. The highest BCUT2D eigenvalue weighted by Crippen LogP contribution is 2.38. The van der Waals surface area contributed by atoms with Crippen LogP contribution < -0.4 is 0 Å². The van der Waals surface area contributed by atoms with Gasteiger partial charge in [-0.25, -0.2) is 8.42 Å². The molecular weight excluding hydrogens is 328 g/mol. The Bertz CT molecular complexity index is 862. The average molecular weight is 346 g/mol. The van der Waals surface area contributed by atoms with E-state index in [9.17, 15) is 18.5 Å². The van der Waals surface area contributed by atoms with E-state index in [1.54, 1.807) is 0 Å². The van der Waals surface area contributed by atoms with Gasteiger partial charge in [-0.15, -0.1) is 0 Å². The molecule has 6 nitrogen and oxygen atoms in total. The van der Waals surface area contributed by atoms with Gasteiger partial charge in [0, 0.05) is 12.6 Å². The van der Waals surface area contributed by atoms with E-state index in [4.69, 9.17) is 0 Å². The van der Waals surface area contributed by atoms with Crippen LogP contribution in [0.5, 0.6) is 0 Å². The van der Waals surface area contributed by atoms with Crippen molar-refractivity contribution >= 4 is 15.7 Å². The molecule has 0 bridgehead atoms. The van der Waals surface area contributed by atoms with Gasteiger partial charge in [0.1, 0.15) is 0 Å². The first-order valence-electron chi connectivity index (χ1n) is 7.73. The van der Waals surface area contributed by atoms with Crippen molar-refractivity contribution in [1.82, 2.24) is 4.31 Å². The van der Waals surface area contributed by atoms with Crippen molar-refractivity contribution in [2.45, 2.75) is 30.7 Å². The van der Waals surface area contributed by atoms with E-state index < -0.39 is 14.9 Å². The lowest BCUT2D eigenvalue weighted by molar-refractivity contribution is -0.387. The van der Waals surface area contributed by atoms with Crippen LogP contribution in [0.25, 0.3) is 0 Å². The number of hydrogen-bond donors (Lipinski definition) is 0. The van der Waals surface area contributed by atoms with Crippen molar-refractivity contribution in [3.8, 4) is 0 Å². The number of aryl methyl sites for hydroxylation is 1. The third-order valence-corrected chi connectivity index (χ3v) is 6.27. The van der Waals surface area contributed by atoms with E-state index in [1.807, 2.05) is 31.2 Å². The third kappa shape index (κ3) is 2.92. The van der Waals surface area contributed by atoms with Gasteiger partial charge in [-0.3, -0.25) is 10.1 Å².